The summed E-state index contributed by atoms with van der Waals surface area (Å²) in [7, 11) is -3.87. The van der Waals surface area contributed by atoms with Crippen LogP contribution in [0.3, 0.4) is 0 Å². The van der Waals surface area contributed by atoms with E-state index in [0.29, 0.717) is 17.9 Å². The second kappa shape index (κ2) is 8.90. The smallest absolute Gasteiger partial charge is 0.265 e. The van der Waals surface area contributed by atoms with E-state index >= 15 is 0 Å². The number of rotatable bonds is 6. The summed E-state index contributed by atoms with van der Waals surface area (Å²) < 4.78 is 33.8. The van der Waals surface area contributed by atoms with Crippen molar-refractivity contribution in [2.75, 3.05) is 24.0 Å². The van der Waals surface area contributed by atoms with Crippen molar-refractivity contribution >= 4 is 21.6 Å². The third-order valence-corrected chi connectivity index (χ3v) is 7.57. The van der Waals surface area contributed by atoms with E-state index < -0.39 is 10.0 Å². The summed E-state index contributed by atoms with van der Waals surface area (Å²) in [5.74, 6) is 0.386. The third-order valence-electron chi connectivity index (χ3n) is 5.75. The Morgan fingerprint density at radius 2 is 1.67 bits per heavy atom. The maximum absolute atomic E-state index is 13.4. The summed E-state index contributed by atoms with van der Waals surface area (Å²) >= 11 is 0. The SMILES string of the molecule is Cc1ccc(OCCNC(=O)CN2c3cc(C)cc(C)c3-c3ccccc3S2(=O)=O)c(C)c1. The lowest BCUT2D eigenvalue weighted by Crippen LogP contribution is -2.43. The first kappa shape index (κ1) is 22.9. The van der Waals surface area contributed by atoms with E-state index in [1.165, 1.54) is 4.31 Å². The molecule has 0 radical (unpaired) electrons. The Balaban J connectivity index is 1.51. The molecule has 3 aromatic rings. The second-order valence-corrected chi connectivity index (χ2v) is 10.3. The van der Waals surface area contributed by atoms with Crippen molar-refractivity contribution in [3.63, 3.8) is 0 Å². The molecule has 4 rings (SSSR count). The molecular formula is C26H28N2O4S. The Kier molecular flexibility index (Phi) is 6.17. The summed E-state index contributed by atoms with van der Waals surface area (Å²) in [6.07, 6.45) is 0. The molecule has 6 nitrogen and oxygen atoms in total. The summed E-state index contributed by atoms with van der Waals surface area (Å²) in [6.45, 7) is 8.14. The Hall–Kier alpha value is -3.32. The number of hydrogen-bond acceptors (Lipinski definition) is 4. The molecule has 1 aliphatic heterocycles. The molecule has 0 saturated heterocycles. The van der Waals surface area contributed by atoms with Crippen LogP contribution in [-0.2, 0) is 14.8 Å². The molecule has 1 amide bonds. The number of aryl methyl sites for hydroxylation is 4. The van der Waals surface area contributed by atoms with Gasteiger partial charge in [-0.3, -0.25) is 9.10 Å². The molecule has 0 bridgehead atoms. The molecule has 0 atom stereocenters. The highest BCUT2D eigenvalue weighted by atomic mass is 32.2. The van der Waals surface area contributed by atoms with Gasteiger partial charge in [-0.05, 0) is 62.6 Å². The molecule has 0 fully saturated rings. The van der Waals surface area contributed by atoms with Gasteiger partial charge in [0, 0.05) is 11.1 Å². The minimum absolute atomic E-state index is 0.218. The Morgan fingerprint density at radius 1 is 0.939 bits per heavy atom. The van der Waals surface area contributed by atoms with Crippen LogP contribution in [0.2, 0.25) is 0 Å². The van der Waals surface area contributed by atoms with Crippen LogP contribution in [0.25, 0.3) is 11.1 Å². The van der Waals surface area contributed by atoms with E-state index in [2.05, 4.69) is 5.32 Å². The molecule has 0 unspecified atom stereocenters. The highest BCUT2D eigenvalue weighted by molar-refractivity contribution is 7.93. The van der Waals surface area contributed by atoms with Crippen molar-refractivity contribution < 1.29 is 17.9 Å². The van der Waals surface area contributed by atoms with Gasteiger partial charge in [0.2, 0.25) is 5.91 Å². The van der Waals surface area contributed by atoms with Gasteiger partial charge in [0.15, 0.2) is 0 Å². The first-order chi connectivity index (χ1) is 15.7. The predicted octanol–water partition coefficient (Wildman–Crippen LogP) is 4.29. The van der Waals surface area contributed by atoms with Crippen molar-refractivity contribution in [2.45, 2.75) is 32.6 Å². The zero-order valence-electron chi connectivity index (χ0n) is 19.3. The lowest BCUT2D eigenvalue weighted by molar-refractivity contribution is -0.119. The first-order valence-corrected chi connectivity index (χ1v) is 12.3. The van der Waals surface area contributed by atoms with Crippen LogP contribution < -0.4 is 14.4 Å². The Bertz CT molecular complexity index is 1330. The Morgan fingerprint density at radius 3 is 2.42 bits per heavy atom. The summed E-state index contributed by atoms with van der Waals surface area (Å²) in [5, 5.41) is 2.78. The number of nitrogens with one attached hydrogen (secondary N) is 1. The number of carbonyl (C=O) groups is 1. The molecule has 172 valence electrons. The van der Waals surface area contributed by atoms with Gasteiger partial charge in [-0.1, -0.05) is 42.0 Å². The van der Waals surface area contributed by atoms with E-state index in [4.69, 9.17) is 4.74 Å². The molecule has 3 aromatic carbocycles. The van der Waals surface area contributed by atoms with Crippen LogP contribution in [0, 0.1) is 27.7 Å². The number of ether oxygens (including phenoxy) is 1. The van der Waals surface area contributed by atoms with E-state index in [9.17, 15) is 13.2 Å². The van der Waals surface area contributed by atoms with Gasteiger partial charge in [0.05, 0.1) is 17.1 Å². The van der Waals surface area contributed by atoms with Crippen molar-refractivity contribution in [2.24, 2.45) is 0 Å². The standard InChI is InChI=1S/C26H28N2O4S/c1-17-9-10-23(19(3)13-17)32-12-11-27-25(29)16-28-22-15-18(2)14-20(4)26(22)21-7-5-6-8-24(21)33(28,30)31/h5-10,13-15H,11-12,16H2,1-4H3,(H,27,29). The van der Waals surface area contributed by atoms with E-state index in [-0.39, 0.29) is 23.9 Å². The zero-order chi connectivity index (χ0) is 23.8. The minimum atomic E-state index is -3.87. The molecule has 1 N–H and O–H groups in total. The fraction of sp³-hybridized carbons (Fsp3) is 0.269. The fourth-order valence-electron chi connectivity index (χ4n) is 4.31. The van der Waals surface area contributed by atoms with E-state index in [1.54, 1.807) is 12.1 Å². The molecule has 0 saturated carbocycles. The average Bonchev–Trinajstić information content (AvgIpc) is 2.75. The highest BCUT2D eigenvalue weighted by Crippen LogP contribution is 2.45. The summed E-state index contributed by atoms with van der Waals surface area (Å²) in [5.41, 5.74) is 6.14. The van der Waals surface area contributed by atoms with Gasteiger partial charge in [0.1, 0.15) is 18.9 Å². The Labute approximate surface area is 195 Å². The van der Waals surface area contributed by atoms with Crippen molar-refractivity contribution in [3.8, 4) is 16.9 Å². The normalized spacial score (nSPS) is 13.8. The van der Waals surface area contributed by atoms with Crippen LogP contribution in [0.1, 0.15) is 22.3 Å². The van der Waals surface area contributed by atoms with Crippen molar-refractivity contribution in [1.82, 2.24) is 5.32 Å². The topological polar surface area (TPSA) is 75.7 Å². The van der Waals surface area contributed by atoms with Crippen LogP contribution in [0.4, 0.5) is 5.69 Å². The van der Waals surface area contributed by atoms with Crippen molar-refractivity contribution in [3.05, 3.63) is 76.9 Å². The largest absolute Gasteiger partial charge is 0.491 e. The van der Waals surface area contributed by atoms with E-state index in [0.717, 1.165) is 33.6 Å². The summed E-state index contributed by atoms with van der Waals surface area (Å²) in [6, 6.07) is 16.7. The quantitative estimate of drug-likeness (QED) is 0.552. The number of hydrogen-bond donors (Lipinski definition) is 1. The van der Waals surface area contributed by atoms with Gasteiger partial charge in [-0.2, -0.15) is 0 Å². The van der Waals surface area contributed by atoms with Gasteiger partial charge >= 0.3 is 0 Å². The molecule has 1 heterocycles. The van der Waals surface area contributed by atoms with Crippen LogP contribution >= 0.6 is 0 Å². The van der Waals surface area contributed by atoms with Gasteiger partial charge in [-0.25, -0.2) is 8.42 Å². The zero-order valence-corrected chi connectivity index (χ0v) is 20.1. The number of carbonyl (C=O) groups excluding carboxylic acids is 1. The fourth-order valence-corrected chi connectivity index (χ4v) is 5.93. The molecule has 0 aliphatic carbocycles. The van der Waals surface area contributed by atoms with Gasteiger partial charge < -0.3 is 10.1 Å². The van der Waals surface area contributed by atoms with Gasteiger partial charge in [0.25, 0.3) is 10.0 Å². The minimum Gasteiger partial charge on any atom is -0.491 e. The van der Waals surface area contributed by atoms with Crippen LogP contribution in [0.5, 0.6) is 5.75 Å². The molecule has 0 spiro atoms. The highest BCUT2D eigenvalue weighted by Gasteiger charge is 2.36. The molecule has 7 heteroatoms. The second-order valence-electron chi connectivity index (χ2n) is 8.45. The maximum atomic E-state index is 13.4. The molecule has 33 heavy (non-hydrogen) atoms. The number of nitrogens with zero attached hydrogens (tertiary/aromatic N) is 1. The lowest BCUT2D eigenvalue weighted by atomic mass is 9.96. The van der Waals surface area contributed by atoms with Crippen LogP contribution in [0.15, 0.2) is 59.5 Å². The molecular weight excluding hydrogens is 436 g/mol. The number of fused-ring (bicyclic) bond motifs is 3. The van der Waals surface area contributed by atoms with Gasteiger partial charge in [-0.15, -0.1) is 0 Å². The monoisotopic (exact) mass is 464 g/mol. The average molecular weight is 465 g/mol. The number of benzene rings is 3. The van der Waals surface area contributed by atoms with E-state index in [1.807, 2.05) is 70.2 Å². The lowest BCUT2D eigenvalue weighted by Gasteiger charge is -2.33. The number of anilines is 1. The molecule has 1 aliphatic rings. The first-order valence-electron chi connectivity index (χ1n) is 10.9. The summed E-state index contributed by atoms with van der Waals surface area (Å²) in [4.78, 5) is 13.0. The number of amides is 1. The van der Waals surface area contributed by atoms with Crippen LogP contribution in [-0.4, -0.2) is 34.0 Å². The number of sulfonamides is 1. The van der Waals surface area contributed by atoms with Crippen molar-refractivity contribution in [1.29, 1.82) is 0 Å². The predicted molar refractivity (Wildman–Crippen MR) is 130 cm³/mol. The third kappa shape index (κ3) is 4.46. The maximum Gasteiger partial charge on any atom is 0.265 e. The molecule has 0 aromatic heterocycles.